The number of amides is 1. The van der Waals surface area contributed by atoms with Crippen LogP contribution in [0.3, 0.4) is 0 Å². The summed E-state index contributed by atoms with van der Waals surface area (Å²) in [6, 6.07) is 1.94. The highest BCUT2D eigenvalue weighted by Crippen LogP contribution is 2.36. The molecule has 1 fully saturated rings. The van der Waals surface area contributed by atoms with Crippen molar-refractivity contribution in [3.05, 3.63) is 29.7 Å². The molecule has 2 aromatic rings. The Kier molecular flexibility index (Phi) is 3.83. The second kappa shape index (κ2) is 5.73. The number of aromatic nitrogens is 2. The van der Waals surface area contributed by atoms with E-state index < -0.39 is 39.9 Å². The van der Waals surface area contributed by atoms with Gasteiger partial charge in [0.25, 0.3) is 5.91 Å². The molecule has 0 saturated carbocycles. The lowest BCUT2D eigenvalue weighted by Gasteiger charge is -2.18. The number of phenols is 1. The lowest BCUT2D eigenvalue weighted by Crippen LogP contribution is -2.30. The third-order valence-corrected chi connectivity index (χ3v) is 4.69. The molecule has 1 aromatic carbocycles. The maximum Gasteiger partial charge on any atom is 0.326 e. The predicted molar refractivity (Wildman–Crippen MR) is 84.2 cm³/mol. The minimum Gasteiger partial charge on any atom is -0.506 e. The second-order valence-corrected chi connectivity index (χ2v) is 6.78. The van der Waals surface area contributed by atoms with Crippen molar-refractivity contribution in [1.29, 1.82) is 0 Å². The van der Waals surface area contributed by atoms with Crippen LogP contribution in [0.2, 0.25) is 0 Å². The monoisotopic (exact) mass is 369 g/mol. The first-order chi connectivity index (χ1) is 11.7. The van der Waals surface area contributed by atoms with E-state index in [1.165, 1.54) is 6.20 Å². The van der Waals surface area contributed by atoms with Crippen molar-refractivity contribution >= 4 is 33.4 Å². The van der Waals surface area contributed by atoms with Gasteiger partial charge in [-0.2, -0.15) is 13.4 Å². The van der Waals surface area contributed by atoms with Gasteiger partial charge in [-0.3, -0.25) is 4.79 Å². The number of benzene rings is 1. The average Bonchev–Trinajstić information content (AvgIpc) is 2.75. The molecule has 0 spiro atoms. The minimum atomic E-state index is -4.26. The number of phenolic OH excluding ortho intramolecular Hbond substituents is 1. The largest absolute Gasteiger partial charge is 0.506 e. The number of anilines is 3. The minimum absolute atomic E-state index is 0.0119. The lowest BCUT2D eigenvalue weighted by atomic mass is 10.2. The Labute approximate surface area is 141 Å². The number of nitrogens with one attached hydrogen (secondary N) is 2. The molecule has 0 radical (unpaired) electrons. The highest BCUT2D eigenvalue weighted by Gasteiger charge is 2.37. The number of hydrogen-bond acceptors (Lipinski definition) is 8. The third-order valence-electron chi connectivity index (χ3n) is 3.31. The van der Waals surface area contributed by atoms with Crippen LogP contribution in [0.15, 0.2) is 18.3 Å². The van der Waals surface area contributed by atoms with Gasteiger partial charge >= 0.3 is 10.2 Å². The highest BCUT2D eigenvalue weighted by molar-refractivity contribution is 7.92. The summed E-state index contributed by atoms with van der Waals surface area (Å²) in [7, 11) is -4.26. The quantitative estimate of drug-likeness (QED) is 0.603. The molecule has 0 unspecified atom stereocenters. The van der Waals surface area contributed by atoms with Gasteiger partial charge in [0.1, 0.15) is 18.0 Å². The second-order valence-electron chi connectivity index (χ2n) is 5.19. The Morgan fingerprint density at radius 3 is 2.64 bits per heavy atom. The van der Waals surface area contributed by atoms with Crippen LogP contribution in [0, 0.1) is 12.7 Å². The summed E-state index contributed by atoms with van der Waals surface area (Å²) in [5, 5.41) is 22.1. The van der Waals surface area contributed by atoms with Gasteiger partial charge in [-0.25, -0.2) is 18.4 Å². The standard InChI is InChI=1S/C13H12FN5O5S/c1-6-4-15-13(17-12(6)22)16-7-2-8(14)11(9(20)3-7)19-5-10(21)18-25(19,23)24/h2-4,20H,5H2,1H3,(H,18,21)(H2,15,16,17,22). The molecule has 0 aliphatic carbocycles. The number of carbonyl (C=O) groups excluding carboxylic acids is 1. The van der Waals surface area contributed by atoms with E-state index in [1.807, 2.05) is 0 Å². The summed E-state index contributed by atoms with van der Waals surface area (Å²) in [5.74, 6) is -2.96. The molecule has 12 heteroatoms. The zero-order chi connectivity index (χ0) is 18.4. The van der Waals surface area contributed by atoms with E-state index in [9.17, 15) is 27.8 Å². The van der Waals surface area contributed by atoms with Crippen molar-refractivity contribution in [3.8, 4) is 11.6 Å². The van der Waals surface area contributed by atoms with Crippen molar-refractivity contribution < 1.29 is 27.8 Å². The molecule has 1 saturated heterocycles. The molecule has 0 atom stereocenters. The number of aryl methyl sites for hydroxylation is 1. The molecule has 10 nitrogen and oxygen atoms in total. The number of hydrogen-bond donors (Lipinski definition) is 4. The first-order valence-corrected chi connectivity index (χ1v) is 8.27. The number of aromatic hydroxyl groups is 2. The van der Waals surface area contributed by atoms with Crippen molar-refractivity contribution in [2.75, 3.05) is 16.2 Å². The number of rotatable bonds is 3. The molecule has 1 amide bonds. The topological polar surface area (TPSA) is 145 Å². The van der Waals surface area contributed by atoms with Gasteiger partial charge in [0, 0.05) is 23.5 Å². The summed E-state index contributed by atoms with van der Waals surface area (Å²) >= 11 is 0. The van der Waals surface area contributed by atoms with Crippen LogP contribution < -0.4 is 14.3 Å². The molecule has 3 rings (SSSR count). The van der Waals surface area contributed by atoms with Gasteiger partial charge in [0.15, 0.2) is 5.82 Å². The van der Waals surface area contributed by atoms with Crippen LogP contribution in [-0.4, -0.2) is 41.1 Å². The van der Waals surface area contributed by atoms with Crippen LogP contribution in [0.25, 0.3) is 0 Å². The van der Waals surface area contributed by atoms with Gasteiger partial charge in [-0.1, -0.05) is 0 Å². The van der Waals surface area contributed by atoms with E-state index in [1.54, 1.807) is 11.6 Å². The number of halogens is 1. The molecule has 2 heterocycles. The highest BCUT2D eigenvalue weighted by atomic mass is 32.2. The molecular weight excluding hydrogens is 357 g/mol. The molecule has 4 N–H and O–H groups in total. The molecule has 0 bridgehead atoms. The summed E-state index contributed by atoms with van der Waals surface area (Å²) < 4.78 is 40.0. The van der Waals surface area contributed by atoms with Crippen LogP contribution in [-0.2, 0) is 15.0 Å². The zero-order valence-corrected chi connectivity index (χ0v) is 13.5. The van der Waals surface area contributed by atoms with Gasteiger partial charge in [0.2, 0.25) is 11.8 Å². The Balaban J connectivity index is 1.95. The molecular formula is C13H12FN5O5S. The van der Waals surface area contributed by atoms with Crippen LogP contribution in [0.5, 0.6) is 11.6 Å². The zero-order valence-electron chi connectivity index (χ0n) is 12.7. The first-order valence-electron chi connectivity index (χ1n) is 6.83. The van der Waals surface area contributed by atoms with E-state index in [-0.39, 0.29) is 17.5 Å². The van der Waals surface area contributed by atoms with Crippen LogP contribution in [0.1, 0.15) is 5.56 Å². The maximum atomic E-state index is 14.3. The summed E-state index contributed by atoms with van der Waals surface area (Å²) in [6.45, 7) is 0.944. The maximum absolute atomic E-state index is 14.3. The van der Waals surface area contributed by atoms with Gasteiger partial charge in [-0.05, 0) is 13.0 Å². The van der Waals surface area contributed by atoms with Crippen LogP contribution in [0.4, 0.5) is 21.7 Å². The predicted octanol–water partition coefficient (Wildman–Crippen LogP) is 0.260. The van der Waals surface area contributed by atoms with Crippen LogP contribution >= 0.6 is 0 Å². The summed E-state index contributed by atoms with van der Waals surface area (Å²) in [4.78, 5) is 18.9. The molecule has 25 heavy (non-hydrogen) atoms. The Hall–Kier alpha value is -3.15. The third kappa shape index (κ3) is 3.10. The Morgan fingerprint density at radius 2 is 2.08 bits per heavy atom. The molecule has 1 aliphatic rings. The normalized spacial score (nSPS) is 15.9. The van der Waals surface area contributed by atoms with E-state index in [0.29, 0.717) is 9.87 Å². The average molecular weight is 369 g/mol. The summed E-state index contributed by atoms with van der Waals surface area (Å²) in [5.41, 5.74) is -0.208. The number of carbonyl (C=O) groups is 1. The molecule has 132 valence electrons. The van der Waals surface area contributed by atoms with Crippen molar-refractivity contribution in [1.82, 2.24) is 14.7 Å². The first kappa shape index (κ1) is 16.7. The number of nitrogens with zero attached hydrogens (tertiary/aromatic N) is 3. The van der Waals surface area contributed by atoms with Gasteiger partial charge in [-0.15, -0.1) is 0 Å². The van der Waals surface area contributed by atoms with Crippen molar-refractivity contribution in [2.24, 2.45) is 0 Å². The summed E-state index contributed by atoms with van der Waals surface area (Å²) in [6.07, 6.45) is 1.34. The fraction of sp³-hybridized carbons (Fsp3) is 0.154. The van der Waals surface area contributed by atoms with Crippen molar-refractivity contribution in [2.45, 2.75) is 6.92 Å². The van der Waals surface area contributed by atoms with Gasteiger partial charge < -0.3 is 15.5 Å². The smallest absolute Gasteiger partial charge is 0.326 e. The lowest BCUT2D eigenvalue weighted by molar-refractivity contribution is -0.117. The Morgan fingerprint density at radius 1 is 1.36 bits per heavy atom. The molecule has 1 aromatic heterocycles. The fourth-order valence-electron chi connectivity index (χ4n) is 2.17. The van der Waals surface area contributed by atoms with E-state index >= 15 is 0 Å². The van der Waals surface area contributed by atoms with Gasteiger partial charge in [0.05, 0.1) is 0 Å². The molecule has 1 aliphatic heterocycles. The van der Waals surface area contributed by atoms with E-state index in [2.05, 4.69) is 15.3 Å². The van der Waals surface area contributed by atoms with E-state index in [4.69, 9.17) is 0 Å². The SMILES string of the molecule is Cc1cnc(Nc2cc(O)c(N3CC(=O)NS3(=O)=O)c(F)c2)nc1O. The van der Waals surface area contributed by atoms with Crippen molar-refractivity contribution in [3.63, 3.8) is 0 Å². The Bertz CT molecular complexity index is 958. The fourth-order valence-corrected chi connectivity index (χ4v) is 3.34. The van der Waals surface area contributed by atoms with E-state index in [0.717, 1.165) is 12.1 Å².